The van der Waals surface area contributed by atoms with E-state index in [1.165, 1.54) is 0 Å². The normalized spacial score (nSPS) is 13.4. The number of nitro groups is 2. The highest BCUT2D eigenvalue weighted by Gasteiger charge is 2.39. The van der Waals surface area contributed by atoms with E-state index in [-0.39, 0.29) is 32.5 Å². The van der Waals surface area contributed by atoms with Gasteiger partial charge in [0, 0.05) is 24.3 Å². The standard InChI is InChI=1S/C26H19Cl3FN3O12S/c1-42-31-12-21(30)24(44-26(35)15-4-8-17(9-5-15)33(38)39)22(13-43-25(34)14-2-6-16(7-3-14)32(36)37)45-46(40,41)23-11-19(28)18(27)10-20(23)29/h2-12,21-22,24H,13H2,1H3/b31-12-/t21-,22-,24+/m1/s1. The molecule has 0 spiro atoms. The van der Waals surface area contributed by atoms with Crippen LogP contribution in [0, 0.1) is 20.2 Å². The smallest absolute Gasteiger partial charge is 0.338 e. The number of nitrogens with zero attached hydrogens (tertiary/aromatic N) is 3. The van der Waals surface area contributed by atoms with Gasteiger partial charge in [0.2, 0.25) is 0 Å². The number of carbonyl (C=O) groups excluding carboxylic acids is 2. The number of rotatable bonds is 14. The molecule has 3 atom stereocenters. The van der Waals surface area contributed by atoms with Crippen LogP contribution in [0.15, 0.2) is 70.7 Å². The van der Waals surface area contributed by atoms with Crippen molar-refractivity contribution in [2.24, 2.45) is 5.16 Å². The molecule has 3 aromatic rings. The third kappa shape index (κ3) is 9.30. The molecule has 20 heteroatoms. The SMILES string of the molecule is CO/N=C\[C@@H](F)[C@H](OC(=O)c1ccc([N+](=O)[O-])cc1)[C@@H](COC(=O)c1ccc([N+](=O)[O-])cc1)OS(=O)(=O)c1cc(Cl)c(Cl)cc1Cl. The maximum atomic E-state index is 15.6. The molecule has 0 saturated heterocycles. The number of oxime groups is 1. The summed E-state index contributed by atoms with van der Waals surface area (Å²) in [6.07, 6.45) is -6.41. The summed E-state index contributed by atoms with van der Waals surface area (Å²) in [6, 6.07) is 9.79. The first-order valence-electron chi connectivity index (χ1n) is 12.3. The lowest BCUT2D eigenvalue weighted by Gasteiger charge is -2.27. The summed E-state index contributed by atoms with van der Waals surface area (Å²) >= 11 is 17.9. The number of carbonyl (C=O) groups is 2. The van der Waals surface area contributed by atoms with Gasteiger partial charge in [-0.15, -0.1) is 0 Å². The lowest BCUT2D eigenvalue weighted by atomic mass is 10.1. The molecule has 3 aromatic carbocycles. The fourth-order valence-corrected chi connectivity index (χ4v) is 5.56. The molecular formula is C26H19Cl3FN3O12S. The minimum absolute atomic E-state index is 0.117. The Hall–Kier alpha value is -4.42. The number of esters is 2. The number of hydrogen-bond acceptors (Lipinski definition) is 13. The molecule has 0 N–H and O–H groups in total. The van der Waals surface area contributed by atoms with Gasteiger partial charge in [0.1, 0.15) is 18.6 Å². The van der Waals surface area contributed by atoms with Gasteiger partial charge >= 0.3 is 11.9 Å². The van der Waals surface area contributed by atoms with Gasteiger partial charge in [0.15, 0.2) is 18.4 Å². The molecule has 15 nitrogen and oxygen atoms in total. The van der Waals surface area contributed by atoms with Crippen LogP contribution >= 0.6 is 34.8 Å². The van der Waals surface area contributed by atoms with E-state index in [1.54, 1.807) is 0 Å². The maximum Gasteiger partial charge on any atom is 0.338 e. The quantitative estimate of drug-likeness (QED) is 0.0499. The van der Waals surface area contributed by atoms with Gasteiger partial charge in [-0.25, -0.2) is 14.0 Å². The first-order valence-corrected chi connectivity index (χ1v) is 14.8. The van der Waals surface area contributed by atoms with Crippen LogP contribution in [0.5, 0.6) is 0 Å². The number of ether oxygens (including phenoxy) is 2. The fraction of sp³-hybridized carbons (Fsp3) is 0.192. The zero-order chi connectivity index (χ0) is 34.2. The molecule has 3 rings (SSSR count). The van der Waals surface area contributed by atoms with Crippen LogP contribution in [0.1, 0.15) is 20.7 Å². The summed E-state index contributed by atoms with van der Waals surface area (Å²) in [7, 11) is -3.97. The molecule has 0 aromatic heterocycles. The van der Waals surface area contributed by atoms with Crippen LogP contribution in [0.3, 0.4) is 0 Å². The van der Waals surface area contributed by atoms with Crippen molar-refractivity contribution in [2.75, 3.05) is 13.7 Å². The zero-order valence-corrected chi connectivity index (χ0v) is 26.0. The van der Waals surface area contributed by atoms with Crippen molar-refractivity contribution in [3.8, 4) is 0 Å². The van der Waals surface area contributed by atoms with Gasteiger partial charge in [-0.2, -0.15) is 8.42 Å². The largest absolute Gasteiger partial charge is 0.459 e. The van der Waals surface area contributed by atoms with Crippen LogP contribution < -0.4 is 0 Å². The minimum Gasteiger partial charge on any atom is -0.459 e. The Balaban J connectivity index is 2.02. The molecule has 0 amide bonds. The Morgan fingerprint density at radius 1 is 0.891 bits per heavy atom. The van der Waals surface area contributed by atoms with Crippen LogP contribution in [-0.2, 0) is 28.6 Å². The topological polar surface area (TPSA) is 204 Å². The predicted molar refractivity (Wildman–Crippen MR) is 160 cm³/mol. The molecule has 0 unspecified atom stereocenters. The molecule has 0 aliphatic carbocycles. The van der Waals surface area contributed by atoms with Gasteiger partial charge in [-0.3, -0.25) is 24.4 Å². The van der Waals surface area contributed by atoms with Crippen LogP contribution in [0.2, 0.25) is 15.1 Å². The van der Waals surface area contributed by atoms with E-state index in [4.69, 9.17) is 48.5 Å². The van der Waals surface area contributed by atoms with E-state index in [1.807, 2.05) is 0 Å². The van der Waals surface area contributed by atoms with Gasteiger partial charge < -0.3 is 14.3 Å². The molecule has 0 heterocycles. The second-order valence-corrected chi connectivity index (χ2v) is 11.5. The van der Waals surface area contributed by atoms with Gasteiger partial charge in [0.05, 0.1) is 42.3 Å². The number of benzene rings is 3. The molecule has 244 valence electrons. The third-order valence-corrected chi connectivity index (χ3v) is 8.26. The number of non-ortho nitro benzene ring substituents is 2. The third-order valence-electron chi connectivity index (χ3n) is 5.73. The Labute approximate surface area is 273 Å². The van der Waals surface area contributed by atoms with Crippen molar-refractivity contribution in [1.82, 2.24) is 0 Å². The Morgan fingerprint density at radius 3 is 1.89 bits per heavy atom. The molecule has 46 heavy (non-hydrogen) atoms. The summed E-state index contributed by atoms with van der Waals surface area (Å²) < 4.78 is 57.8. The lowest BCUT2D eigenvalue weighted by molar-refractivity contribution is -0.385. The van der Waals surface area contributed by atoms with Crippen molar-refractivity contribution >= 4 is 74.4 Å². The second kappa shape index (κ2) is 15.7. The Kier molecular flexibility index (Phi) is 12.3. The number of alkyl halides is 1. The van der Waals surface area contributed by atoms with Crippen molar-refractivity contribution in [1.29, 1.82) is 0 Å². The minimum atomic E-state index is -5.02. The fourth-order valence-electron chi connectivity index (χ4n) is 3.51. The zero-order valence-electron chi connectivity index (χ0n) is 23.0. The van der Waals surface area contributed by atoms with Crippen molar-refractivity contribution in [3.05, 3.63) is 107 Å². The molecule has 0 aliphatic heterocycles. The van der Waals surface area contributed by atoms with E-state index in [2.05, 4.69) is 9.99 Å². The first-order chi connectivity index (χ1) is 21.6. The number of nitro benzene ring substituents is 2. The summed E-state index contributed by atoms with van der Waals surface area (Å²) in [5.74, 6) is -2.46. The van der Waals surface area contributed by atoms with E-state index in [0.717, 1.165) is 67.8 Å². The monoisotopic (exact) mass is 721 g/mol. The molecule has 0 radical (unpaired) electrons. The first kappa shape index (κ1) is 36.1. The number of halogens is 4. The number of hydrogen-bond donors (Lipinski definition) is 0. The predicted octanol–water partition coefficient (Wildman–Crippen LogP) is 5.59. The van der Waals surface area contributed by atoms with E-state index in [9.17, 15) is 38.2 Å². The van der Waals surface area contributed by atoms with Crippen LogP contribution in [0.4, 0.5) is 15.8 Å². The van der Waals surface area contributed by atoms with Crippen molar-refractivity contribution in [3.63, 3.8) is 0 Å². The second-order valence-electron chi connectivity index (χ2n) is 8.74. The Bertz CT molecular complexity index is 1760. The molecule has 0 bridgehead atoms. The summed E-state index contributed by atoms with van der Waals surface area (Å²) in [4.78, 5) is 49.9. The van der Waals surface area contributed by atoms with Crippen LogP contribution in [0.25, 0.3) is 0 Å². The highest BCUT2D eigenvalue weighted by atomic mass is 35.5. The van der Waals surface area contributed by atoms with Gasteiger partial charge in [0.25, 0.3) is 21.5 Å². The van der Waals surface area contributed by atoms with Crippen molar-refractivity contribution in [2.45, 2.75) is 23.3 Å². The molecule has 0 fully saturated rings. The molecule has 0 saturated carbocycles. The van der Waals surface area contributed by atoms with Gasteiger partial charge in [-0.1, -0.05) is 40.0 Å². The van der Waals surface area contributed by atoms with E-state index >= 15 is 4.39 Å². The van der Waals surface area contributed by atoms with Gasteiger partial charge in [-0.05, 0) is 36.4 Å². The van der Waals surface area contributed by atoms with E-state index in [0.29, 0.717) is 6.21 Å². The molecular weight excluding hydrogens is 704 g/mol. The molecule has 0 aliphatic rings. The maximum absolute atomic E-state index is 15.6. The Morgan fingerprint density at radius 2 is 1.39 bits per heavy atom. The average molecular weight is 723 g/mol. The van der Waals surface area contributed by atoms with Crippen LogP contribution in [-0.4, -0.2) is 68.5 Å². The summed E-state index contributed by atoms with van der Waals surface area (Å²) in [5.41, 5.74) is -1.27. The summed E-state index contributed by atoms with van der Waals surface area (Å²) in [5, 5.41) is 24.3. The van der Waals surface area contributed by atoms with E-state index < -0.39 is 66.8 Å². The van der Waals surface area contributed by atoms with Crippen molar-refractivity contribution < 1.29 is 50.7 Å². The highest BCUT2D eigenvalue weighted by Crippen LogP contribution is 2.33. The average Bonchev–Trinajstić information content (AvgIpc) is 3.02. The lowest BCUT2D eigenvalue weighted by Crippen LogP contribution is -2.45. The highest BCUT2D eigenvalue weighted by molar-refractivity contribution is 7.87. The summed E-state index contributed by atoms with van der Waals surface area (Å²) in [6.45, 7) is -1.10.